The van der Waals surface area contributed by atoms with Gasteiger partial charge in [-0.05, 0) is 36.6 Å². The summed E-state index contributed by atoms with van der Waals surface area (Å²) >= 11 is 0. The van der Waals surface area contributed by atoms with Crippen LogP contribution in [0.25, 0.3) is 6.08 Å². The summed E-state index contributed by atoms with van der Waals surface area (Å²) in [6, 6.07) is 17.7. The molecule has 0 heterocycles. The zero-order valence-electron chi connectivity index (χ0n) is 15.7. The lowest BCUT2D eigenvalue weighted by Gasteiger charge is -2.29. The first-order chi connectivity index (χ1) is 13.5. The van der Waals surface area contributed by atoms with Crippen molar-refractivity contribution in [1.29, 1.82) is 0 Å². The molecule has 4 nitrogen and oxygen atoms in total. The molecule has 28 heavy (non-hydrogen) atoms. The van der Waals surface area contributed by atoms with Gasteiger partial charge in [-0.15, -0.1) is 0 Å². The van der Waals surface area contributed by atoms with Gasteiger partial charge in [-0.2, -0.15) is 0 Å². The lowest BCUT2D eigenvalue weighted by atomic mass is 9.86. The van der Waals surface area contributed by atoms with Crippen LogP contribution in [0.15, 0.2) is 71.2 Å². The molecule has 2 aromatic rings. The lowest BCUT2D eigenvalue weighted by Crippen LogP contribution is -2.47. The molecule has 0 spiro atoms. The molecule has 2 aromatic carbocycles. The van der Waals surface area contributed by atoms with E-state index in [0.717, 1.165) is 0 Å². The number of nitrogens with two attached hydrogens (primary N) is 1. The summed E-state index contributed by atoms with van der Waals surface area (Å²) < 4.78 is 33.8. The number of alkyl halides is 2. The van der Waals surface area contributed by atoms with Crippen LogP contribution in [-0.4, -0.2) is 37.3 Å². The molecule has 2 N–H and O–H groups in total. The van der Waals surface area contributed by atoms with Crippen LogP contribution in [0.2, 0.25) is 0 Å². The highest BCUT2D eigenvalue weighted by atomic mass is 19.3. The Morgan fingerprint density at radius 1 is 1.11 bits per heavy atom. The molecule has 1 atom stereocenters. The normalized spacial score (nSPS) is 14.2. The highest BCUT2D eigenvalue weighted by Crippen LogP contribution is 2.34. The third-order valence-electron chi connectivity index (χ3n) is 4.16. The maximum atomic E-state index is 14.4. The molecule has 0 aliphatic carbocycles. The van der Waals surface area contributed by atoms with Crippen molar-refractivity contribution in [3.63, 3.8) is 0 Å². The Balaban J connectivity index is 2.63. The number of nitrogens with zero attached hydrogens (tertiary/aromatic N) is 1. The van der Waals surface area contributed by atoms with Crippen molar-refractivity contribution in [1.82, 2.24) is 0 Å². The molecule has 2 rings (SSSR count). The van der Waals surface area contributed by atoms with Crippen molar-refractivity contribution >= 4 is 18.3 Å². The Hall–Kier alpha value is -2.86. The minimum atomic E-state index is -3.10. The Morgan fingerprint density at radius 2 is 1.68 bits per heavy atom. The first-order valence-corrected chi connectivity index (χ1v) is 9.06. The number of ether oxygens (including phenoxy) is 1. The molecule has 0 saturated heterocycles. The van der Waals surface area contributed by atoms with E-state index >= 15 is 0 Å². The highest BCUT2D eigenvalue weighted by Gasteiger charge is 2.51. The molecular weight excluding hydrogens is 362 g/mol. The summed E-state index contributed by atoms with van der Waals surface area (Å²) in [5.74, 6) is -1.09. The maximum absolute atomic E-state index is 14.4. The summed E-state index contributed by atoms with van der Waals surface area (Å²) in [6.45, 7) is 1.63. The SMILES string of the molecule is CCOC(=O)[C@@](N=Cc1ccccc1)(C(=Cc1ccccc1)CCN)C(F)F. The molecule has 6 heteroatoms. The van der Waals surface area contributed by atoms with Gasteiger partial charge in [0, 0.05) is 6.21 Å². The van der Waals surface area contributed by atoms with Crippen molar-refractivity contribution in [2.45, 2.75) is 25.3 Å². The summed E-state index contributed by atoms with van der Waals surface area (Å²) in [6.07, 6.45) is -0.214. The van der Waals surface area contributed by atoms with E-state index in [1.165, 1.54) is 12.3 Å². The van der Waals surface area contributed by atoms with E-state index < -0.39 is 17.9 Å². The number of aliphatic imine (C=N–C) groups is 1. The number of hydrogen-bond donors (Lipinski definition) is 1. The van der Waals surface area contributed by atoms with Crippen molar-refractivity contribution in [2.24, 2.45) is 10.7 Å². The van der Waals surface area contributed by atoms with E-state index in [1.54, 1.807) is 61.5 Å². The van der Waals surface area contributed by atoms with Gasteiger partial charge in [0.15, 0.2) is 0 Å². The first kappa shape index (κ1) is 21.4. The number of benzene rings is 2. The minimum absolute atomic E-state index is 0.0323. The van der Waals surface area contributed by atoms with E-state index in [2.05, 4.69) is 4.99 Å². The van der Waals surface area contributed by atoms with E-state index in [0.29, 0.717) is 11.1 Å². The summed E-state index contributed by atoms with van der Waals surface area (Å²) in [7, 11) is 0. The second kappa shape index (κ2) is 10.5. The largest absolute Gasteiger partial charge is 0.464 e. The standard InChI is InChI=1S/C22H24F2N2O2/c1-2-28-21(27)22(20(23)24,26-16-18-11-7-4-8-12-18)19(13-14-25)15-17-9-5-3-6-10-17/h3-12,15-16,20H,2,13-14,25H2,1H3/t22-/m1/s1. The van der Waals surface area contributed by atoms with Crippen LogP contribution >= 0.6 is 0 Å². The highest BCUT2D eigenvalue weighted by molar-refractivity contribution is 5.92. The minimum Gasteiger partial charge on any atom is -0.464 e. The smallest absolute Gasteiger partial charge is 0.344 e. The fourth-order valence-electron chi connectivity index (χ4n) is 2.79. The molecule has 0 amide bonds. The average Bonchev–Trinajstić information content (AvgIpc) is 2.70. The van der Waals surface area contributed by atoms with Crippen LogP contribution in [0, 0.1) is 0 Å². The van der Waals surface area contributed by atoms with Crippen LogP contribution in [-0.2, 0) is 9.53 Å². The van der Waals surface area contributed by atoms with E-state index in [4.69, 9.17) is 10.5 Å². The molecule has 0 aliphatic rings. The van der Waals surface area contributed by atoms with Gasteiger partial charge in [0.1, 0.15) is 0 Å². The van der Waals surface area contributed by atoms with Crippen molar-refractivity contribution in [2.75, 3.05) is 13.2 Å². The van der Waals surface area contributed by atoms with Crippen LogP contribution in [0.3, 0.4) is 0 Å². The topological polar surface area (TPSA) is 64.7 Å². The van der Waals surface area contributed by atoms with Crippen molar-refractivity contribution < 1.29 is 18.3 Å². The fourth-order valence-corrected chi connectivity index (χ4v) is 2.79. The molecule has 0 saturated carbocycles. The molecule has 148 valence electrons. The van der Waals surface area contributed by atoms with Gasteiger partial charge in [0.25, 0.3) is 6.43 Å². The van der Waals surface area contributed by atoms with Gasteiger partial charge in [0.2, 0.25) is 5.54 Å². The molecule has 0 fully saturated rings. The summed E-state index contributed by atoms with van der Waals surface area (Å²) in [5, 5.41) is 0. The van der Waals surface area contributed by atoms with E-state index in [1.807, 2.05) is 6.07 Å². The summed E-state index contributed by atoms with van der Waals surface area (Å²) in [4.78, 5) is 16.8. The third kappa shape index (κ3) is 5.10. The third-order valence-corrected chi connectivity index (χ3v) is 4.16. The molecule has 0 aliphatic heterocycles. The van der Waals surface area contributed by atoms with Gasteiger partial charge in [-0.25, -0.2) is 13.6 Å². The molecule has 0 unspecified atom stereocenters. The summed E-state index contributed by atoms with van der Waals surface area (Å²) in [5.41, 5.74) is 4.60. The zero-order valence-corrected chi connectivity index (χ0v) is 15.7. The van der Waals surface area contributed by atoms with Gasteiger partial charge in [-0.1, -0.05) is 66.7 Å². The van der Waals surface area contributed by atoms with Crippen LogP contribution in [0.5, 0.6) is 0 Å². The molecule has 0 aromatic heterocycles. The van der Waals surface area contributed by atoms with Gasteiger partial charge >= 0.3 is 5.97 Å². The van der Waals surface area contributed by atoms with Gasteiger partial charge in [0.05, 0.1) is 6.61 Å². The van der Waals surface area contributed by atoms with Gasteiger partial charge < -0.3 is 10.5 Å². The maximum Gasteiger partial charge on any atom is 0.344 e. The second-order valence-corrected chi connectivity index (χ2v) is 6.08. The Kier molecular flexibility index (Phi) is 8.02. The lowest BCUT2D eigenvalue weighted by molar-refractivity contribution is -0.153. The monoisotopic (exact) mass is 386 g/mol. The van der Waals surface area contributed by atoms with E-state index in [9.17, 15) is 13.6 Å². The van der Waals surface area contributed by atoms with Gasteiger partial charge in [-0.3, -0.25) is 4.99 Å². The predicted octanol–water partition coefficient (Wildman–Crippen LogP) is 4.10. The number of hydrogen-bond acceptors (Lipinski definition) is 4. The number of halogens is 2. The van der Waals surface area contributed by atoms with Crippen LogP contribution < -0.4 is 5.73 Å². The number of carbonyl (C=O) groups is 1. The van der Waals surface area contributed by atoms with E-state index in [-0.39, 0.29) is 25.1 Å². The first-order valence-electron chi connectivity index (χ1n) is 9.06. The van der Waals surface area contributed by atoms with Crippen molar-refractivity contribution in [3.05, 3.63) is 77.4 Å². The average molecular weight is 386 g/mol. The molecule has 0 bridgehead atoms. The van der Waals surface area contributed by atoms with Crippen molar-refractivity contribution in [3.8, 4) is 0 Å². The predicted molar refractivity (Wildman–Crippen MR) is 107 cm³/mol. The second-order valence-electron chi connectivity index (χ2n) is 6.08. The molecular formula is C22H24F2N2O2. The Labute approximate surface area is 163 Å². The fraction of sp³-hybridized carbons (Fsp3) is 0.273. The number of esters is 1. The number of rotatable bonds is 9. The zero-order chi connectivity index (χ0) is 20.4. The van der Waals surface area contributed by atoms with Crippen LogP contribution in [0.4, 0.5) is 8.78 Å². The molecule has 0 radical (unpaired) electrons. The number of carbonyl (C=O) groups excluding carboxylic acids is 1. The Morgan fingerprint density at radius 3 is 2.18 bits per heavy atom. The Bertz CT molecular complexity index is 808. The van der Waals surface area contributed by atoms with Crippen LogP contribution in [0.1, 0.15) is 24.5 Å². The quantitative estimate of drug-likeness (QED) is 0.521.